The van der Waals surface area contributed by atoms with Gasteiger partial charge >= 0.3 is 0 Å². The van der Waals surface area contributed by atoms with Crippen molar-refractivity contribution in [1.82, 2.24) is 14.5 Å². The first-order chi connectivity index (χ1) is 11.2. The van der Waals surface area contributed by atoms with E-state index in [-0.39, 0.29) is 17.7 Å². The monoisotopic (exact) mass is 309 g/mol. The van der Waals surface area contributed by atoms with Crippen LogP contribution in [0.15, 0.2) is 42.9 Å². The van der Waals surface area contributed by atoms with E-state index in [0.717, 1.165) is 12.1 Å². The van der Waals surface area contributed by atoms with Gasteiger partial charge in [-0.15, -0.1) is 0 Å². The molecule has 1 aliphatic heterocycles. The summed E-state index contributed by atoms with van der Waals surface area (Å²) < 4.78 is 1.86. The third-order valence-corrected chi connectivity index (χ3v) is 4.33. The van der Waals surface area contributed by atoms with Gasteiger partial charge in [0, 0.05) is 18.8 Å². The molecule has 0 spiro atoms. The van der Waals surface area contributed by atoms with Crippen LogP contribution in [-0.4, -0.2) is 33.4 Å². The van der Waals surface area contributed by atoms with E-state index in [0.29, 0.717) is 18.9 Å². The first kappa shape index (κ1) is 15.1. The molecule has 1 aromatic heterocycles. The van der Waals surface area contributed by atoms with Gasteiger partial charge < -0.3 is 14.8 Å². The first-order valence-electron chi connectivity index (χ1n) is 7.76. The SMILES string of the molecule is CCC1CN(C#N)C[C@H]1C(=O)Nc1cn(-c2ccccc2)cn1. The summed E-state index contributed by atoms with van der Waals surface area (Å²) in [5.41, 5.74) is 0.989. The lowest BCUT2D eigenvalue weighted by Gasteiger charge is -2.14. The molecule has 1 saturated heterocycles. The summed E-state index contributed by atoms with van der Waals surface area (Å²) in [6.45, 7) is 3.19. The van der Waals surface area contributed by atoms with Crippen molar-refractivity contribution >= 4 is 11.7 Å². The van der Waals surface area contributed by atoms with E-state index in [2.05, 4.69) is 23.4 Å². The Balaban J connectivity index is 1.69. The van der Waals surface area contributed by atoms with E-state index in [1.165, 1.54) is 0 Å². The lowest BCUT2D eigenvalue weighted by atomic mass is 9.93. The van der Waals surface area contributed by atoms with Crippen LogP contribution in [0.25, 0.3) is 5.69 Å². The van der Waals surface area contributed by atoms with Gasteiger partial charge in [-0.3, -0.25) is 4.79 Å². The summed E-state index contributed by atoms with van der Waals surface area (Å²) in [6.07, 6.45) is 6.50. The minimum absolute atomic E-state index is 0.0621. The zero-order chi connectivity index (χ0) is 16.2. The van der Waals surface area contributed by atoms with Gasteiger partial charge in [-0.05, 0) is 18.1 Å². The number of para-hydroxylation sites is 1. The molecule has 0 bridgehead atoms. The van der Waals surface area contributed by atoms with Crippen LogP contribution in [0.4, 0.5) is 5.82 Å². The summed E-state index contributed by atoms with van der Waals surface area (Å²) in [7, 11) is 0. The van der Waals surface area contributed by atoms with Crippen molar-refractivity contribution in [2.24, 2.45) is 11.8 Å². The number of aromatic nitrogens is 2. The highest BCUT2D eigenvalue weighted by Gasteiger charge is 2.36. The predicted molar refractivity (Wildman–Crippen MR) is 86.7 cm³/mol. The Kier molecular flexibility index (Phi) is 4.29. The second kappa shape index (κ2) is 6.53. The number of carbonyl (C=O) groups is 1. The Morgan fingerprint density at radius 1 is 1.39 bits per heavy atom. The molecule has 1 amide bonds. The van der Waals surface area contributed by atoms with E-state index < -0.39 is 0 Å². The van der Waals surface area contributed by atoms with Gasteiger partial charge in [-0.25, -0.2) is 4.98 Å². The number of nitrogens with zero attached hydrogens (tertiary/aromatic N) is 4. The third-order valence-electron chi connectivity index (χ3n) is 4.33. The molecule has 0 saturated carbocycles. The minimum atomic E-state index is -0.165. The first-order valence-corrected chi connectivity index (χ1v) is 7.76. The van der Waals surface area contributed by atoms with Crippen molar-refractivity contribution in [1.29, 1.82) is 5.26 Å². The van der Waals surface area contributed by atoms with Crippen LogP contribution in [-0.2, 0) is 4.79 Å². The number of carbonyl (C=O) groups excluding carboxylic acids is 1. The van der Waals surface area contributed by atoms with E-state index in [1.807, 2.05) is 34.9 Å². The molecule has 1 unspecified atom stereocenters. The highest BCUT2D eigenvalue weighted by molar-refractivity contribution is 5.92. The fourth-order valence-electron chi connectivity index (χ4n) is 3.01. The number of nitrogens with one attached hydrogen (secondary N) is 1. The van der Waals surface area contributed by atoms with Gasteiger partial charge in [0.2, 0.25) is 5.91 Å². The molecule has 23 heavy (non-hydrogen) atoms. The Hall–Kier alpha value is -2.81. The second-order valence-electron chi connectivity index (χ2n) is 5.77. The fourth-order valence-corrected chi connectivity index (χ4v) is 3.01. The second-order valence-corrected chi connectivity index (χ2v) is 5.77. The van der Waals surface area contributed by atoms with Gasteiger partial charge in [0.1, 0.15) is 6.33 Å². The van der Waals surface area contributed by atoms with Crippen LogP contribution < -0.4 is 5.32 Å². The maximum Gasteiger partial charge on any atom is 0.230 e. The molecular weight excluding hydrogens is 290 g/mol. The third kappa shape index (κ3) is 3.19. The molecule has 6 heteroatoms. The van der Waals surface area contributed by atoms with E-state index in [1.54, 1.807) is 17.4 Å². The lowest BCUT2D eigenvalue weighted by Crippen LogP contribution is -2.28. The molecule has 0 radical (unpaired) electrons. The van der Waals surface area contributed by atoms with Crippen LogP contribution >= 0.6 is 0 Å². The summed E-state index contributed by atoms with van der Waals surface area (Å²) in [4.78, 5) is 18.4. The summed E-state index contributed by atoms with van der Waals surface area (Å²) >= 11 is 0. The van der Waals surface area contributed by atoms with Gasteiger partial charge in [0.15, 0.2) is 12.0 Å². The van der Waals surface area contributed by atoms with Crippen LogP contribution in [0.5, 0.6) is 0 Å². The smallest absolute Gasteiger partial charge is 0.230 e. The summed E-state index contributed by atoms with van der Waals surface area (Å²) in [6, 6.07) is 9.81. The Bertz CT molecular complexity index is 718. The van der Waals surface area contributed by atoms with Crippen LogP contribution in [0, 0.1) is 23.3 Å². The van der Waals surface area contributed by atoms with Gasteiger partial charge in [-0.2, -0.15) is 5.26 Å². The Morgan fingerprint density at radius 3 is 2.87 bits per heavy atom. The topological polar surface area (TPSA) is 74.0 Å². The molecule has 1 aliphatic rings. The number of benzene rings is 1. The fraction of sp³-hybridized carbons (Fsp3) is 0.353. The van der Waals surface area contributed by atoms with Crippen molar-refractivity contribution in [2.75, 3.05) is 18.4 Å². The van der Waals surface area contributed by atoms with E-state index >= 15 is 0 Å². The number of rotatable bonds is 4. The van der Waals surface area contributed by atoms with E-state index in [4.69, 9.17) is 5.26 Å². The number of imidazole rings is 1. The minimum Gasteiger partial charge on any atom is -0.310 e. The zero-order valence-electron chi connectivity index (χ0n) is 13.0. The van der Waals surface area contributed by atoms with Crippen LogP contribution in [0.3, 0.4) is 0 Å². The molecular formula is C17H19N5O. The molecule has 118 valence electrons. The Morgan fingerprint density at radius 2 is 2.17 bits per heavy atom. The molecule has 3 rings (SSSR count). The molecule has 0 aliphatic carbocycles. The maximum absolute atomic E-state index is 12.5. The van der Waals surface area contributed by atoms with Crippen molar-refractivity contribution in [3.63, 3.8) is 0 Å². The number of hydrogen-bond donors (Lipinski definition) is 1. The van der Waals surface area contributed by atoms with Crippen molar-refractivity contribution in [2.45, 2.75) is 13.3 Å². The predicted octanol–water partition coefficient (Wildman–Crippen LogP) is 2.25. The number of hydrogen-bond acceptors (Lipinski definition) is 4. The van der Waals surface area contributed by atoms with Crippen molar-refractivity contribution in [3.05, 3.63) is 42.9 Å². The van der Waals surface area contributed by atoms with Gasteiger partial charge in [0.05, 0.1) is 12.1 Å². The van der Waals surface area contributed by atoms with Gasteiger partial charge in [-0.1, -0.05) is 31.5 Å². The van der Waals surface area contributed by atoms with Crippen LogP contribution in [0.1, 0.15) is 13.3 Å². The molecule has 2 atom stereocenters. The largest absolute Gasteiger partial charge is 0.310 e. The normalized spacial score (nSPS) is 20.3. The van der Waals surface area contributed by atoms with E-state index in [9.17, 15) is 4.79 Å². The molecule has 6 nitrogen and oxygen atoms in total. The van der Waals surface area contributed by atoms with Crippen molar-refractivity contribution in [3.8, 4) is 11.9 Å². The zero-order valence-corrected chi connectivity index (χ0v) is 13.0. The number of amides is 1. The molecule has 1 N–H and O–H groups in total. The summed E-state index contributed by atoms with van der Waals surface area (Å²) in [5.74, 6) is 0.518. The average Bonchev–Trinajstić information content (AvgIpc) is 3.22. The van der Waals surface area contributed by atoms with Crippen molar-refractivity contribution < 1.29 is 4.79 Å². The number of likely N-dealkylation sites (tertiary alicyclic amines) is 1. The van der Waals surface area contributed by atoms with Crippen LogP contribution in [0.2, 0.25) is 0 Å². The summed E-state index contributed by atoms with van der Waals surface area (Å²) in [5, 5.41) is 11.9. The lowest BCUT2D eigenvalue weighted by molar-refractivity contribution is -0.120. The highest BCUT2D eigenvalue weighted by atomic mass is 16.2. The molecule has 2 aromatic rings. The highest BCUT2D eigenvalue weighted by Crippen LogP contribution is 2.26. The Labute approximate surface area is 135 Å². The molecule has 1 aromatic carbocycles. The quantitative estimate of drug-likeness (QED) is 0.879. The number of nitriles is 1. The van der Waals surface area contributed by atoms with Gasteiger partial charge in [0.25, 0.3) is 0 Å². The number of anilines is 1. The molecule has 2 heterocycles. The standard InChI is InChI=1S/C17H19N5O/c1-2-13-8-21(11-18)9-15(13)17(23)20-16-10-22(12-19-16)14-6-4-3-5-7-14/h3-7,10,12-13,15H,2,8-9H2,1H3,(H,20,23)/t13?,15-/m1/s1. The average molecular weight is 309 g/mol. The maximum atomic E-state index is 12.5. The molecule has 1 fully saturated rings.